The van der Waals surface area contributed by atoms with Crippen molar-refractivity contribution in [3.8, 4) is 22.4 Å². The number of carbonyl (C=O) groups is 1. The van der Waals surface area contributed by atoms with Crippen LogP contribution in [0.1, 0.15) is 56.3 Å². The lowest BCUT2D eigenvalue weighted by Gasteiger charge is -2.19. The molecule has 2 N–H and O–H groups in total. The van der Waals surface area contributed by atoms with E-state index in [2.05, 4.69) is 59.0 Å². The van der Waals surface area contributed by atoms with Gasteiger partial charge >= 0.3 is 6.03 Å². The van der Waals surface area contributed by atoms with E-state index in [1.165, 1.54) is 42.6 Å². The van der Waals surface area contributed by atoms with Gasteiger partial charge in [0.25, 0.3) is 0 Å². The van der Waals surface area contributed by atoms with E-state index >= 15 is 0 Å². The van der Waals surface area contributed by atoms with E-state index < -0.39 is 0 Å². The van der Waals surface area contributed by atoms with Crippen LogP contribution in [0, 0.1) is 0 Å². The van der Waals surface area contributed by atoms with Gasteiger partial charge in [-0.15, -0.1) is 0 Å². The number of aryl methyl sites for hydroxylation is 1. The number of fused-ring (bicyclic) bond motifs is 1. The topological polar surface area (TPSA) is 78.3 Å². The summed E-state index contributed by atoms with van der Waals surface area (Å²) in [5, 5.41) is 11.6. The molecule has 8 nitrogen and oxygen atoms in total. The van der Waals surface area contributed by atoms with E-state index in [9.17, 15) is 4.79 Å². The predicted molar refractivity (Wildman–Crippen MR) is 170 cm³/mol. The van der Waals surface area contributed by atoms with Gasteiger partial charge < -0.3 is 15.5 Å². The van der Waals surface area contributed by atoms with Crippen molar-refractivity contribution in [2.24, 2.45) is 0 Å². The van der Waals surface area contributed by atoms with Gasteiger partial charge in [0.2, 0.25) is 0 Å². The highest BCUT2D eigenvalue weighted by Crippen LogP contribution is 2.41. The van der Waals surface area contributed by atoms with Crippen molar-refractivity contribution in [2.45, 2.75) is 59.2 Å². The summed E-state index contributed by atoms with van der Waals surface area (Å²) in [4.78, 5) is 21.5. The second kappa shape index (κ2) is 12.4. The second-order valence-corrected chi connectivity index (χ2v) is 11.2. The highest BCUT2D eigenvalue weighted by atomic mass is 16.2. The SMILES string of the molecule is CCN(CC)C(=O)Nc1ccc(-c2nn(CC)cc2-c2ccnc3c2CC(c2ccc(CN4CCCC4)cc2)N3)cc1. The smallest absolute Gasteiger partial charge is 0.321 e. The third-order valence-electron chi connectivity index (χ3n) is 8.60. The van der Waals surface area contributed by atoms with Gasteiger partial charge in [-0.3, -0.25) is 9.58 Å². The van der Waals surface area contributed by atoms with Crippen LogP contribution < -0.4 is 10.6 Å². The third-order valence-corrected chi connectivity index (χ3v) is 8.60. The number of anilines is 2. The summed E-state index contributed by atoms with van der Waals surface area (Å²) in [6.45, 7) is 11.7. The maximum atomic E-state index is 12.5. The number of carbonyl (C=O) groups excluding carboxylic acids is 1. The van der Waals surface area contributed by atoms with Crippen molar-refractivity contribution in [2.75, 3.05) is 36.8 Å². The lowest BCUT2D eigenvalue weighted by Crippen LogP contribution is -2.34. The normalized spacial score (nSPS) is 16.3. The van der Waals surface area contributed by atoms with E-state index in [-0.39, 0.29) is 12.1 Å². The molecule has 0 spiro atoms. The first kappa shape index (κ1) is 28.0. The van der Waals surface area contributed by atoms with Crippen LogP contribution in [0.4, 0.5) is 16.3 Å². The van der Waals surface area contributed by atoms with Crippen LogP contribution in [0.15, 0.2) is 67.0 Å². The van der Waals surface area contributed by atoms with Gasteiger partial charge in [0.05, 0.1) is 6.04 Å². The molecule has 4 aromatic rings. The Balaban J connectivity index is 1.23. The molecule has 0 bridgehead atoms. The molecule has 42 heavy (non-hydrogen) atoms. The Hall–Kier alpha value is -4.17. The van der Waals surface area contributed by atoms with Gasteiger partial charge in [-0.2, -0.15) is 5.10 Å². The lowest BCUT2D eigenvalue weighted by molar-refractivity contribution is 0.217. The highest BCUT2D eigenvalue weighted by Gasteiger charge is 2.28. The van der Waals surface area contributed by atoms with Crippen molar-refractivity contribution in [3.63, 3.8) is 0 Å². The Morgan fingerprint density at radius 2 is 1.71 bits per heavy atom. The summed E-state index contributed by atoms with van der Waals surface area (Å²) in [7, 11) is 0. The van der Waals surface area contributed by atoms with Gasteiger partial charge in [-0.25, -0.2) is 9.78 Å². The molecule has 2 aliphatic heterocycles. The first-order valence-corrected chi connectivity index (χ1v) is 15.4. The van der Waals surface area contributed by atoms with E-state index in [1.807, 2.05) is 49.0 Å². The maximum absolute atomic E-state index is 12.5. The number of nitrogens with zero attached hydrogens (tertiary/aromatic N) is 5. The van der Waals surface area contributed by atoms with Crippen molar-refractivity contribution < 1.29 is 4.79 Å². The van der Waals surface area contributed by atoms with E-state index in [4.69, 9.17) is 10.1 Å². The van der Waals surface area contributed by atoms with Crippen LogP contribution in [-0.4, -0.2) is 56.8 Å². The van der Waals surface area contributed by atoms with Crippen LogP contribution in [0.25, 0.3) is 22.4 Å². The molecule has 2 amide bonds. The molecule has 8 heteroatoms. The number of amides is 2. The highest BCUT2D eigenvalue weighted by molar-refractivity contribution is 5.90. The molecule has 0 saturated carbocycles. The number of pyridine rings is 1. The minimum Gasteiger partial charge on any atom is -0.363 e. The van der Waals surface area contributed by atoms with E-state index in [0.717, 1.165) is 53.4 Å². The van der Waals surface area contributed by atoms with E-state index in [1.54, 1.807) is 4.90 Å². The van der Waals surface area contributed by atoms with Gasteiger partial charge in [-0.05, 0) is 81.6 Å². The summed E-state index contributed by atoms with van der Waals surface area (Å²) in [6, 6.07) is 19.3. The van der Waals surface area contributed by atoms with Crippen LogP contribution in [0.3, 0.4) is 0 Å². The van der Waals surface area contributed by atoms with Crippen LogP contribution in [0.5, 0.6) is 0 Å². The van der Waals surface area contributed by atoms with Gasteiger partial charge in [0.1, 0.15) is 11.5 Å². The van der Waals surface area contributed by atoms with Crippen molar-refractivity contribution in [3.05, 3.63) is 83.7 Å². The molecule has 1 atom stereocenters. The van der Waals surface area contributed by atoms with Crippen molar-refractivity contribution in [1.29, 1.82) is 0 Å². The number of rotatable bonds is 9. The molecule has 2 aromatic carbocycles. The fraction of sp³-hybridized carbons (Fsp3) is 0.382. The number of hydrogen-bond donors (Lipinski definition) is 2. The molecule has 6 rings (SSSR count). The summed E-state index contributed by atoms with van der Waals surface area (Å²) in [6.07, 6.45) is 7.54. The molecule has 0 aliphatic carbocycles. The average Bonchev–Trinajstić information content (AvgIpc) is 3.78. The molecule has 4 heterocycles. The first-order chi connectivity index (χ1) is 20.6. The fourth-order valence-corrected chi connectivity index (χ4v) is 6.17. The summed E-state index contributed by atoms with van der Waals surface area (Å²) in [5.41, 5.74) is 8.87. The van der Waals surface area contributed by atoms with Crippen LogP contribution in [-0.2, 0) is 19.5 Å². The standard InChI is InChI=1S/C34H41N7O/c1-4-40(5-2)34(42)36-27-15-13-26(14-16-27)32-30(23-41(6-3)38-32)28-17-18-35-33-29(28)21-31(37-33)25-11-9-24(10-12-25)22-39-19-7-8-20-39/h9-18,23,31H,4-8,19-22H2,1-3H3,(H,35,37)(H,36,42). The average molecular weight is 564 g/mol. The Kier molecular flexibility index (Phi) is 8.24. The maximum Gasteiger partial charge on any atom is 0.321 e. The molecule has 218 valence electrons. The molecule has 1 unspecified atom stereocenters. The number of urea groups is 1. The zero-order chi connectivity index (χ0) is 29.1. The Morgan fingerprint density at radius 1 is 0.976 bits per heavy atom. The van der Waals surface area contributed by atoms with Crippen molar-refractivity contribution >= 4 is 17.5 Å². The van der Waals surface area contributed by atoms with E-state index in [0.29, 0.717) is 13.1 Å². The number of benzene rings is 2. The zero-order valence-electron chi connectivity index (χ0n) is 24.9. The molecule has 2 aliphatic rings. The lowest BCUT2D eigenvalue weighted by atomic mass is 9.95. The molecular formula is C34H41N7O. The molecule has 1 saturated heterocycles. The molecule has 2 aromatic heterocycles. The van der Waals surface area contributed by atoms with Gasteiger partial charge in [0, 0.05) is 67.4 Å². The molecule has 1 fully saturated rings. The minimum atomic E-state index is -0.0840. The Bertz CT molecular complexity index is 1520. The summed E-state index contributed by atoms with van der Waals surface area (Å²) >= 11 is 0. The van der Waals surface area contributed by atoms with Crippen LogP contribution in [0.2, 0.25) is 0 Å². The number of nitrogens with one attached hydrogen (secondary N) is 2. The largest absolute Gasteiger partial charge is 0.363 e. The first-order valence-electron chi connectivity index (χ1n) is 15.4. The van der Waals surface area contributed by atoms with Gasteiger partial charge in [-0.1, -0.05) is 36.4 Å². The second-order valence-electron chi connectivity index (χ2n) is 11.2. The Labute approximate surface area is 248 Å². The predicted octanol–water partition coefficient (Wildman–Crippen LogP) is 6.81. The fourth-order valence-electron chi connectivity index (χ4n) is 6.17. The quantitative estimate of drug-likeness (QED) is 0.234. The monoisotopic (exact) mass is 563 g/mol. The minimum absolute atomic E-state index is 0.0840. The van der Waals surface area contributed by atoms with Crippen molar-refractivity contribution in [1.82, 2.24) is 24.6 Å². The summed E-state index contributed by atoms with van der Waals surface area (Å²) in [5.74, 6) is 0.948. The Morgan fingerprint density at radius 3 is 2.40 bits per heavy atom. The summed E-state index contributed by atoms with van der Waals surface area (Å²) < 4.78 is 1.99. The van der Waals surface area contributed by atoms with Gasteiger partial charge in [0.15, 0.2) is 0 Å². The molecule has 0 radical (unpaired) electrons. The number of aromatic nitrogens is 3. The van der Waals surface area contributed by atoms with Crippen LogP contribution >= 0.6 is 0 Å². The zero-order valence-corrected chi connectivity index (χ0v) is 24.9. The number of likely N-dealkylation sites (tertiary alicyclic amines) is 1. The number of hydrogen-bond acceptors (Lipinski definition) is 5. The third kappa shape index (κ3) is 5.77. The molecular weight excluding hydrogens is 522 g/mol.